The maximum Gasteiger partial charge on any atom is -0.0169 e. The van der Waals surface area contributed by atoms with E-state index in [1.54, 1.807) is 0 Å². The van der Waals surface area contributed by atoms with Gasteiger partial charge in [0.25, 0.3) is 0 Å². The lowest BCUT2D eigenvalue weighted by Crippen LogP contribution is -1.70. The van der Waals surface area contributed by atoms with Gasteiger partial charge in [-0.05, 0) is 44.9 Å². The van der Waals surface area contributed by atoms with Crippen LogP contribution in [0.25, 0.3) is 0 Å². The van der Waals surface area contributed by atoms with Crippen molar-refractivity contribution in [3.05, 3.63) is 48.6 Å². The third kappa shape index (κ3) is 19.0. The molecule has 0 aromatic carbocycles. The minimum Gasteiger partial charge on any atom is -0.0882 e. The molecule has 0 aliphatic heterocycles. The van der Waals surface area contributed by atoms with Gasteiger partial charge in [0.15, 0.2) is 0 Å². The molecule has 0 fully saturated rings. The average molecular weight is 289 g/mol. The Morgan fingerprint density at radius 1 is 0.429 bits per heavy atom. The molecule has 0 atom stereocenters. The molecule has 120 valence electrons. The molecule has 0 aliphatic rings. The highest BCUT2D eigenvalue weighted by Crippen LogP contribution is 2.02. The van der Waals surface area contributed by atoms with Crippen LogP contribution in [0.5, 0.6) is 0 Å². The molecule has 0 spiro atoms. The zero-order valence-corrected chi connectivity index (χ0v) is 14.4. The quantitative estimate of drug-likeness (QED) is 0.229. The van der Waals surface area contributed by atoms with E-state index in [9.17, 15) is 0 Å². The largest absolute Gasteiger partial charge is 0.0882 e. The fourth-order valence-electron chi connectivity index (χ4n) is 2.07. The molecule has 0 N–H and O–H groups in total. The van der Waals surface area contributed by atoms with Gasteiger partial charge < -0.3 is 0 Å². The topological polar surface area (TPSA) is 0 Å². The van der Waals surface area contributed by atoms with Crippen LogP contribution in [-0.4, -0.2) is 0 Å². The maximum atomic E-state index is 2.32. The van der Waals surface area contributed by atoms with Crippen molar-refractivity contribution in [3.63, 3.8) is 0 Å². The Bertz CT molecular complexity index is 261. The zero-order chi connectivity index (χ0) is 15.4. The van der Waals surface area contributed by atoms with E-state index in [0.717, 1.165) is 19.3 Å². The molecule has 0 amide bonds. The average Bonchev–Trinajstić information content (AvgIpc) is 2.50. The van der Waals surface area contributed by atoms with Crippen LogP contribution in [0.2, 0.25) is 0 Å². The lowest BCUT2D eigenvalue weighted by Gasteiger charge is -1.91. The smallest absolute Gasteiger partial charge is 0.0169 e. The van der Waals surface area contributed by atoms with Crippen molar-refractivity contribution in [1.82, 2.24) is 0 Å². The molecule has 0 saturated carbocycles. The minimum absolute atomic E-state index is 1.06. The summed E-state index contributed by atoms with van der Waals surface area (Å²) in [4.78, 5) is 0. The molecule has 0 aromatic heterocycles. The summed E-state index contributed by atoms with van der Waals surface area (Å²) < 4.78 is 0. The molecule has 0 nitrogen and oxygen atoms in total. The molecule has 0 heteroatoms. The van der Waals surface area contributed by atoms with E-state index < -0.39 is 0 Å². The molecule has 0 radical (unpaired) electrons. The van der Waals surface area contributed by atoms with Gasteiger partial charge in [-0.25, -0.2) is 0 Å². The predicted molar refractivity (Wildman–Crippen MR) is 98.7 cm³/mol. The minimum atomic E-state index is 1.06. The Hall–Kier alpha value is -1.04. The van der Waals surface area contributed by atoms with E-state index in [0.29, 0.717) is 0 Å². The third-order valence-electron chi connectivity index (χ3n) is 3.43. The zero-order valence-electron chi connectivity index (χ0n) is 14.4. The highest BCUT2D eigenvalue weighted by Gasteiger charge is 1.81. The summed E-state index contributed by atoms with van der Waals surface area (Å²) in [6.07, 6.45) is 32.0. The van der Waals surface area contributed by atoms with Crippen molar-refractivity contribution in [2.24, 2.45) is 0 Å². The second-order valence-corrected chi connectivity index (χ2v) is 5.58. The number of hydrogen-bond donors (Lipinski definition) is 0. The fraction of sp³-hybridized carbons (Fsp3) is 0.619. The van der Waals surface area contributed by atoms with E-state index in [4.69, 9.17) is 0 Å². The molecule has 0 aliphatic carbocycles. The van der Waals surface area contributed by atoms with E-state index in [1.807, 2.05) is 0 Å². The summed E-state index contributed by atoms with van der Waals surface area (Å²) in [5.74, 6) is 0. The highest BCUT2D eigenvalue weighted by molar-refractivity contribution is 4.99. The van der Waals surface area contributed by atoms with Gasteiger partial charge >= 0.3 is 0 Å². The van der Waals surface area contributed by atoms with Gasteiger partial charge in [-0.3, -0.25) is 0 Å². The van der Waals surface area contributed by atoms with Crippen LogP contribution in [0.4, 0.5) is 0 Å². The van der Waals surface area contributed by atoms with Crippen LogP contribution in [0.1, 0.15) is 84.5 Å². The van der Waals surface area contributed by atoms with E-state index >= 15 is 0 Å². The van der Waals surface area contributed by atoms with Crippen LogP contribution >= 0.6 is 0 Å². The predicted octanol–water partition coefficient (Wildman–Crippen LogP) is 7.54. The molecule has 0 rings (SSSR count). The molecule has 0 saturated heterocycles. The molecule has 0 unspecified atom stereocenters. The normalized spacial score (nSPS) is 12.7. The second kappa shape index (κ2) is 19.0. The molecule has 0 heterocycles. The van der Waals surface area contributed by atoms with E-state index in [2.05, 4.69) is 62.5 Å². The Kier molecular flexibility index (Phi) is 18.0. The summed E-state index contributed by atoms with van der Waals surface area (Å²) in [5, 5.41) is 0. The van der Waals surface area contributed by atoms with Gasteiger partial charge in [0, 0.05) is 0 Å². The molecule has 0 aromatic rings. The molecule has 0 bridgehead atoms. The summed E-state index contributed by atoms with van der Waals surface area (Å²) in [5.41, 5.74) is 0. The Morgan fingerprint density at radius 3 is 1.10 bits per heavy atom. The summed E-state index contributed by atoms with van der Waals surface area (Å²) in [7, 11) is 0. The first kappa shape index (κ1) is 20.0. The van der Waals surface area contributed by atoms with Crippen molar-refractivity contribution >= 4 is 0 Å². The molecule has 21 heavy (non-hydrogen) atoms. The number of unbranched alkanes of at least 4 members (excludes halogenated alkanes) is 6. The van der Waals surface area contributed by atoms with Crippen LogP contribution < -0.4 is 0 Å². The van der Waals surface area contributed by atoms with Crippen LogP contribution in [0, 0.1) is 0 Å². The lowest BCUT2D eigenvalue weighted by atomic mass is 10.2. The van der Waals surface area contributed by atoms with E-state index in [-0.39, 0.29) is 0 Å². The fourth-order valence-corrected chi connectivity index (χ4v) is 2.07. The third-order valence-corrected chi connectivity index (χ3v) is 3.43. The maximum absolute atomic E-state index is 2.32. The SMILES string of the molecule is CCCCC/C=C\C/C=C\C/C=C\C/C=C\CCCCC. The molecular weight excluding hydrogens is 252 g/mol. The summed E-state index contributed by atoms with van der Waals surface area (Å²) in [6, 6.07) is 0. The van der Waals surface area contributed by atoms with Gasteiger partial charge in [0.05, 0.1) is 0 Å². The lowest BCUT2D eigenvalue weighted by molar-refractivity contribution is 0.728. The standard InChI is InChI=1S/C21H36/c1-3-5-7-9-11-13-15-17-19-21-20-18-16-14-12-10-8-6-4-2/h11-14,17-20H,3-10,15-16,21H2,1-2H3/b13-11-,14-12-,19-17-,20-18-. The van der Waals surface area contributed by atoms with Crippen molar-refractivity contribution in [2.75, 3.05) is 0 Å². The van der Waals surface area contributed by atoms with Crippen LogP contribution in [-0.2, 0) is 0 Å². The number of hydrogen-bond acceptors (Lipinski definition) is 0. The Labute approximate surface area is 133 Å². The van der Waals surface area contributed by atoms with Crippen molar-refractivity contribution < 1.29 is 0 Å². The number of allylic oxidation sites excluding steroid dienone is 8. The first-order valence-electron chi connectivity index (χ1n) is 9.01. The highest BCUT2D eigenvalue weighted by atomic mass is 13.9. The van der Waals surface area contributed by atoms with Gasteiger partial charge in [0.2, 0.25) is 0 Å². The summed E-state index contributed by atoms with van der Waals surface area (Å²) in [6.45, 7) is 4.50. The monoisotopic (exact) mass is 288 g/mol. The van der Waals surface area contributed by atoms with Crippen molar-refractivity contribution in [1.29, 1.82) is 0 Å². The summed E-state index contributed by atoms with van der Waals surface area (Å²) >= 11 is 0. The van der Waals surface area contributed by atoms with Crippen molar-refractivity contribution in [3.8, 4) is 0 Å². The molecular formula is C21H36. The van der Waals surface area contributed by atoms with Gasteiger partial charge in [-0.2, -0.15) is 0 Å². The van der Waals surface area contributed by atoms with Crippen LogP contribution in [0.15, 0.2) is 48.6 Å². The van der Waals surface area contributed by atoms with Crippen LogP contribution in [0.3, 0.4) is 0 Å². The van der Waals surface area contributed by atoms with Crippen molar-refractivity contribution in [2.45, 2.75) is 84.5 Å². The van der Waals surface area contributed by atoms with Gasteiger partial charge in [0.1, 0.15) is 0 Å². The Balaban J connectivity index is 3.35. The first-order valence-corrected chi connectivity index (χ1v) is 9.01. The van der Waals surface area contributed by atoms with Gasteiger partial charge in [-0.15, -0.1) is 0 Å². The van der Waals surface area contributed by atoms with E-state index in [1.165, 1.54) is 51.4 Å². The Morgan fingerprint density at radius 2 is 0.762 bits per heavy atom. The number of rotatable bonds is 14. The second-order valence-electron chi connectivity index (χ2n) is 5.58. The van der Waals surface area contributed by atoms with Gasteiger partial charge in [-0.1, -0.05) is 88.1 Å². The first-order chi connectivity index (χ1) is 10.4.